The van der Waals surface area contributed by atoms with E-state index < -0.39 is 0 Å². The van der Waals surface area contributed by atoms with Crippen LogP contribution in [0, 0.1) is 6.92 Å². The third-order valence-electron chi connectivity index (χ3n) is 2.44. The van der Waals surface area contributed by atoms with Crippen LogP contribution < -0.4 is 11.1 Å². The molecule has 0 aliphatic heterocycles. The minimum atomic E-state index is 0.609. The molecule has 0 unspecified atom stereocenters. The van der Waals surface area contributed by atoms with Crippen molar-refractivity contribution in [3.63, 3.8) is 0 Å². The molecule has 0 fully saturated rings. The summed E-state index contributed by atoms with van der Waals surface area (Å²) in [7, 11) is 0. The summed E-state index contributed by atoms with van der Waals surface area (Å²) in [5.74, 6) is 0.609. The van der Waals surface area contributed by atoms with Crippen molar-refractivity contribution in [1.82, 2.24) is 10.3 Å². The van der Waals surface area contributed by atoms with Crippen LogP contribution in [0.4, 0.5) is 5.82 Å². The number of anilines is 1. The van der Waals surface area contributed by atoms with Crippen molar-refractivity contribution >= 4 is 11.9 Å². The maximum atomic E-state index is 5.81. The quantitative estimate of drug-likeness (QED) is 0.722. The van der Waals surface area contributed by atoms with E-state index in [1.54, 1.807) is 6.20 Å². The van der Waals surface area contributed by atoms with E-state index in [0.29, 0.717) is 5.82 Å². The van der Waals surface area contributed by atoms with Crippen LogP contribution >= 0.6 is 0 Å². The van der Waals surface area contributed by atoms with Gasteiger partial charge in [-0.2, -0.15) is 0 Å². The van der Waals surface area contributed by atoms with Crippen LogP contribution in [0.2, 0.25) is 0 Å². The molecule has 0 aliphatic carbocycles. The van der Waals surface area contributed by atoms with Gasteiger partial charge in [-0.25, -0.2) is 4.98 Å². The summed E-state index contributed by atoms with van der Waals surface area (Å²) in [6.07, 6.45) is 8.14. The lowest BCUT2D eigenvalue weighted by Crippen LogP contribution is -2.14. The summed E-state index contributed by atoms with van der Waals surface area (Å²) >= 11 is 0. The molecule has 16 heavy (non-hydrogen) atoms. The predicted molar refractivity (Wildman–Crippen MR) is 70.2 cm³/mol. The topological polar surface area (TPSA) is 50.9 Å². The molecule has 0 atom stereocenters. The Labute approximate surface area is 97.8 Å². The summed E-state index contributed by atoms with van der Waals surface area (Å²) in [6.45, 7) is 6.32. The van der Waals surface area contributed by atoms with Gasteiger partial charge in [0.25, 0.3) is 0 Å². The molecule has 0 aliphatic rings. The first-order valence-electron chi connectivity index (χ1n) is 5.84. The number of pyridine rings is 1. The molecular formula is C13H21N3. The molecule has 3 heteroatoms. The van der Waals surface area contributed by atoms with Crippen molar-refractivity contribution in [1.29, 1.82) is 0 Å². The monoisotopic (exact) mass is 219 g/mol. The maximum absolute atomic E-state index is 5.81. The Kier molecular flexibility index (Phi) is 5.57. The SMILES string of the molecule is CCCNCCC=Cc1c(C)ccnc1N. The molecule has 1 aromatic heterocycles. The number of aromatic nitrogens is 1. The van der Waals surface area contributed by atoms with Crippen molar-refractivity contribution in [2.75, 3.05) is 18.8 Å². The van der Waals surface area contributed by atoms with Gasteiger partial charge < -0.3 is 11.1 Å². The van der Waals surface area contributed by atoms with E-state index in [2.05, 4.69) is 29.4 Å². The summed E-state index contributed by atoms with van der Waals surface area (Å²) in [5.41, 5.74) is 8.02. The Bertz CT molecular complexity index is 325. The number of nitrogens with zero attached hydrogens (tertiary/aromatic N) is 1. The first kappa shape index (κ1) is 12.7. The zero-order valence-electron chi connectivity index (χ0n) is 10.2. The van der Waals surface area contributed by atoms with E-state index in [0.717, 1.165) is 25.1 Å². The van der Waals surface area contributed by atoms with Crippen LogP contribution in [0.3, 0.4) is 0 Å². The number of hydrogen-bond acceptors (Lipinski definition) is 3. The molecule has 0 aromatic carbocycles. The number of aryl methyl sites for hydroxylation is 1. The minimum Gasteiger partial charge on any atom is -0.383 e. The lowest BCUT2D eigenvalue weighted by atomic mass is 10.1. The van der Waals surface area contributed by atoms with Crippen LogP contribution in [-0.4, -0.2) is 18.1 Å². The Morgan fingerprint density at radius 1 is 1.44 bits per heavy atom. The van der Waals surface area contributed by atoms with Gasteiger partial charge in [0.1, 0.15) is 5.82 Å². The molecule has 3 nitrogen and oxygen atoms in total. The molecule has 0 spiro atoms. The second-order valence-corrected chi connectivity index (χ2v) is 3.87. The molecule has 0 radical (unpaired) electrons. The predicted octanol–water partition coefficient (Wildman–Crippen LogP) is 2.38. The Hall–Kier alpha value is -1.35. The highest BCUT2D eigenvalue weighted by Crippen LogP contribution is 2.15. The zero-order chi connectivity index (χ0) is 11.8. The number of rotatable bonds is 6. The van der Waals surface area contributed by atoms with Crippen LogP contribution in [0.5, 0.6) is 0 Å². The lowest BCUT2D eigenvalue weighted by Gasteiger charge is -2.03. The fourth-order valence-electron chi connectivity index (χ4n) is 1.50. The summed E-state index contributed by atoms with van der Waals surface area (Å²) in [6, 6.07) is 1.98. The van der Waals surface area contributed by atoms with Gasteiger partial charge in [-0.1, -0.05) is 19.1 Å². The lowest BCUT2D eigenvalue weighted by molar-refractivity contribution is 0.679. The van der Waals surface area contributed by atoms with Crippen molar-refractivity contribution in [2.45, 2.75) is 26.7 Å². The van der Waals surface area contributed by atoms with Crippen molar-refractivity contribution in [3.8, 4) is 0 Å². The van der Waals surface area contributed by atoms with Gasteiger partial charge in [0.2, 0.25) is 0 Å². The smallest absolute Gasteiger partial charge is 0.130 e. The maximum Gasteiger partial charge on any atom is 0.130 e. The zero-order valence-corrected chi connectivity index (χ0v) is 10.2. The first-order valence-corrected chi connectivity index (χ1v) is 5.84. The second-order valence-electron chi connectivity index (χ2n) is 3.87. The fourth-order valence-corrected chi connectivity index (χ4v) is 1.50. The van der Waals surface area contributed by atoms with Gasteiger partial charge in [-0.15, -0.1) is 0 Å². The van der Waals surface area contributed by atoms with Crippen LogP contribution in [-0.2, 0) is 0 Å². The van der Waals surface area contributed by atoms with Gasteiger partial charge in [-0.05, 0) is 44.5 Å². The highest BCUT2D eigenvalue weighted by molar-refractivity contribution is 5.63. The van der Waals surface area contributed by atoms with Crippen LogP contribution in [0.1, 0.15) is 30.9 Å². The van der Waals surface area contributed by atoms with E-state index in [1.165, 1.54) is 12.0 Å². The highest BCUT2D eigenvalue weighted by atomic mass is 14.8. The van der Waals surface area contributed by atoms with E-state index in [4.69, 9.17) is 5.73 Å². The van der Waals surface area contributed by atoms with E-state index in [9.17, 15) is 0 Å². The van der Waals surface area contributed by atoms with Crippen molar-refractivity contribution in [2.24, 2.45) is 0 Å². The Morgan fingerprint density at radius 2 is 2.25 bits per heavy atom. The number of nitrogen functional groups attached to an aromatic ring is 1. The van der Waals surface area contributed by atoms with E-state index in [-0.39, 0.29) is 0 Å². The van der Waals surface area contributed by atoms with Gasteiger partial charge in [0, 0.05) is 11.8 Å². The molecule has 3 N–H and O–H groups in total. The average Bonchev–Trinajstić information content (AvgIpc) is 2.26. The normalized spacial score (nSPS) is 11.1. The third-order valence-corrected chi connectivity index (χ3v) is 2.44. The highest BCUT2D eigenvalue weighted by Gasteiger charge is 1.98. The molecule has 0 saturated carbocycles. The van der Waals surface area contributed by atoms with Gasteiger partial charge >= 0.3 is 0 Å². The molecule has 1 aromatic rings. The van der Waals surface area contributed by atoms with E-state index >= 15 is 0 Å². The molecule has 1 heterocycles. The van der Waals surface area contributed by atoms with Crippen molar-refractivity contribution in [3.05, 3.63) is 29.5 Å². The largest absolute Gasteiger partial charge is 0.383 e. The van der Waals surface area contributed by atoms with Crippen LogP contribution in [0.25, 0.3) is 6.08 Å². The minimum absolute atomic E-state index is 0.609. The molecule has 88 valence electrons. The van der Waals surface area contributed by atoms with E-state index in [1.807, 2.05) is 13.0 Å². The number of nitrogens with one attached hydrogen (secondary N) is 1. The summed E-state index contributed by atoms with van der Waals surface area (Å²) in [5, 5.41) is 3.35. The molecule has 0 saturated heterocycles. The van der Waals surface area contributed by atoms with Gasteiger partial charge in [-0.3, -0.25) is 0 Å². The van der Waals surface area contributed by atoms with Crippen molar-refractivity contribution < 1.29 is 0 Å². The molecule has 0 amide bonds. The Balaban J connectivity index is 2.44. The molecule has 0 bridgehead atoms. The fraction of sp³-hybridized carbons (Fsp3) is 0.462. The standard InChI is InChI=1S/C13H21N3/c1-3-8-15-9-5-4-6-12-11(2)7-10-16-13(12)14/h4,6-7,10,15H,3,5,8-9H2,1-2H3,(H2,14,16). The average molecular weight is 219 g/mol. The number of nitrogens with two attached hydrogens (primary N) is 1. The second kappa shape index (κ2) is 7.01. The molecule has 1 rings (SSSR count). The van der Waals surface area contributed by atoms with Gasteiger partial charge in [0.15, 0.2) is 0 Å². The van der Waals surface area contributed by atoms with Crippen LogP contribution in [0.15, 0.2) is 18.3 Å². The summed E-state index contributed by atoms with van der Waals surface area (Å²) < 4.78 is 0. The third kappa shape index (κ3) is 4.03. The Morgan fingerprint density at radius 3 is 2.94 bits per heavy atom. The van der Waals surface area contributed by atoms with Gasteiger partial charge in [0.05, 0.1) is 0 Å². The first-order chi connectivity index (χ1) is 7.75. The number of hydrogen-bond donors (Lipinski definition) is 2. The molecular weight excluding hydrogens is 198 g/mol. The summed E-state index contributed by atoms with van der Waals surface area (Å²) in [4.78, 5) is 4.08.